The Hall–Kier alpha value is -4.37. The quantitative estimate of drug-likeness (QED) is 0.240. The van der Waals surface area contributed by atoms with Crippen molar-refractivity contribution in [3.05, 3.63) is 88.9 Å². The molecule has 0 aliphatic carbocycles. The van der Waals surface area contributed by atoms with Crippen molar-refractivity contribution in [1.29, 1.82) is 0 Å². The molecule has 3 amide bonds. The van der Waals surface area contributed by atoms with Crippen molar-refractivity contribution in [3.8, 4) is 11.5 Å². The van der Waals surface area contributed by atoms with Gasteiger partial charge in [0.05, 0.1) is 18.3 Å². The molecule has 0 aliphatic rings. The minimum absolute atomic E-state index is 0.172. The van der Waals surface area contributed by atoms with E-state index in [2.05, 4.69) is 21.2 Å². The zero-order valence-electron chi connectivity index (χ0n) is 18.8. The van der Waals surface area contributed by atoms with Gasteiger partial charge in [-0.3, -0.25) is 14.4 Å². The molecule has 180 valence electrons. The maximum Gasteiger partial charge on any atom is 0.329 e. The van der Waals surface area contributed by atoms with Gasteiger partial charge >= 0.3 is 11.8 Å². The summed E-state index contributed by atoms with van der Waals surface area (Å²) in [6.45, 7) is -0.0684. The van der Waals surface area contributed by atoms with Crippen LogP contribution in [-0.2, 0) is 20.9 Å². The SMILES string of the molecule is COc1cc(/C=N\NC(=O)C(=O)NCc2ccccc2)cc(Cl)c1OCC(=O)Nc1ccccc1. The van der Waals surface area contributed by atoms with Crippen LogP contribution in [0.4, 0.5) is 5.69 Å². The molecule has 0 aromatic heterocycles. The number of nitrogens with one attached hydrogen (secondary N) is 3. The third kappa shape index (κ3) is 7.86. The number of carbonyl (C=O) groups excluding carboxylic acids is 3. The van der Waals surface area contributed by atoms with Crippen LogP contribution in [0.1, 0.15) is 11.1 Å². The maximum atomic E-state index is 12.1. The predicted octanol–water partition coefficient (Wildman–Crippen LogP) is 3.13. The van der Waals surface area contributed by atoms with Crippen LogP contribution in [0, 0.1) is 0 Å². The van der Waals surface area contributed by atoms with E-state index in [1.54, 1.807) is 30.3 Å². The highest BCUT2D eigenvalue weighted by molar-refractivity contribution is 6.35. The fourth-order valence-electron chi connectivity index (χ4n) is 2.89. The van der Waals surface area contributed by atoms with E-state index in [1.165, 1.54) is 19.4 Å². The lowest BCUT2D eigenvalue weighted by molar-refractivity contribution is -0.139. The average Bonchev–Trinajstić information content (AvgIpc) is 2.87. The van der Waals surface area contributed by atoms with Crippen LogP contribution >= 0.6 is 11.6 Å². The number of carbonyl (C=O) groups is 3. The number of ether oxygens (including phenoxy) is 2. The Bertz CT molecular complexity index is 1200. The maximum absolute atomic E-state index is 12.1. The summed E-state index contributed by atoms with van der Waals surface area (Å²) < 4.78 is 10.9. The molecule has 10 heteroatoms. The number of anilines is 1. The summed E-state index contributed by atoms with van der Waals surface area (Å²) >= 11 is 6.30. The number of nitrogens with zero attached hydrogens (tertiary/aromatic N) is 1. The Balaban J connectivity index is 1.54. The molecule has 0 aliphatic heterocycles. The molecule has 35 heavy (non-hydrogen) atoms. The molecule has 0 bridgehead atoms. The Morgan fingerprint density at radius 3 is 2.34 bits per heavy atom. The second kappa shape index (κ2) is 12.8. The fraction of sp³-hybridized carbons (Fsp3) is 0.120. The van der Waals surface area contributed by atoms with E-state index in [1.807, 2.05) is 36.4 Å². The molecule has 3 N–H and O–H groups in total. The molecule has 0 heterocycles. The van der Waals surface area contributed by atoms with Crippen molar-refractivity contribution in [2.45, 2.75) is 6.54 Å². The molecule has 0 unspecified atom stereocenters. The topological polar surface area (TPSA) is 118 Å². The van der Waals surface area contributed by atoms with Gasteiger partial charge in [-0.15, -0.1) is 0 Å². The largest absolute Gasteiger partial charge is 0.493 e. The van der Waals surface area contributed by atoms with Crippen LogP contribution in [-0.4, -0.2) is 37.7 Å². The lowest BCUT2D eigenvalue weighted by Crippen LogP contribution is -2.37. The molecule has 9 nitrogen and oxygen atoms in total. The molecular weight excluding hydrogens is 472 g/mol. The minimum atomic E-state index is -0.917. The van der Waals surface area contributed by atoms with Crippen molar-refractivity contribution in [3.63, 3.8) is 0 Å². The number of benzene rings is 3. The number of para-hydroxylation sites is 1. The van der Waals surface area contributed by atoms with Crippen molar-refractivity contribution in [2.75, 3.05) is 19.0 Å². The predicted molar refractivity (Wildman–Crippen MR) is 133 cm³/mol. The van der Waals surface area contributed by atoms with Gasteiger partial charge in [-0.2, -0.15) is 5.10 Å². The third-order valence-electron chi connectivity index (χ3n) is 4.54. The summed E-state index contributed by atoms with van der Waals surface area (Å²) in [6.07, 6.45) is 1.29. The second-order valence-corrected chi connectivity index (χ2v) is 7.51. The van der Waals surface area contributed by atoms with E-state index < -0.39 is 11.8 Å². The van der Waals surface area contributed by atoms with Gasteiger partial charge in [-0.1, -0.05) is 60.1 Å². The van der Waals surface area contributed by atoms with Gasteiger partial charge in [-0.05, 0) is 35.4 Å². The highest BCUT2D eigenvalue weighted by atomic mass is 35.5. The van der Waals surface area contributed by atoms with Gasteiger partial charge in [-0.25, -0.2) is 5.43 Å². The molecule has 3 rings (SSSR count). The lowest BCUT2D eigenvalue weighted by atomic mass is 10.2. The van der Waals surface area contributed by atoms with E-state index in [0.29, 0.717) is 11.3 Å². The molecule has 3 aromatic carbocycles. The number of rotatable bonds is 9. The number of amides is 3. The number of hydrazone groups is 1. The smallest absolute Gasteiger partial charge is 0.329 e. The summed E-state index contributed by atoms with van der Waals surface area (Å²) in [5, 5.41) is 9.16. The van der Waals surface area contributed by atoms with Crippen LogP contribution in [0.5, 0.6) is 11.5 Å². The summed E-state index contributed by atoms with van der Waals surface area (Å²) in [5.74, 6) is -1.66. The van der Waals surface area contributed by atoms with E-state index in [-0.39, 0.29) is 35.6 Å². The number of hydrogen-bond donors (Lipinski definition) is 3. The van der Waals surface area contributed by atoms with Crippen LogP contribution < -0.4 is 25.5 Å². The zero-order chi connectivity index (χ0) is 25.0. The zero-order valence-corrected chi connectivity index (χ0v) is 19.5. The first-order valence-corrected chi connectivity index (χ1v) is 10.8. The Morgan fingerprint density at radius 2 is 1.66 bits per heavy atom. The van der Waals surface area contributed by atoms with Crippen LogP contribution in [0.15, 0.2) is 77.9 Å². The van der Waals surface area contributed by atoms with Gasteiger partial charge in [0.15, 0.2) is 18.1 Å². The Morgan fingerprint density at radius 1 is 0.971 bits per heavy atom. The Kier molecular flexibility index (Phi) is 9.21. The molecule has 0 saturated carbocycles. The molecule has 0 saturated heterocycles. The standard InChI is InChI=1S/C25H23ClN4O5/c1-34-21-13-18(15-28-30-25(33)24(32)27-14-17-8-4-2-5-9-17)12-20(26)23(21)35-16-22(31)29-19-10-6-3-7-11-19/h2-13,15H,14,16H2,1H3,(H,27,32)(H,29,31)(H,30,33)/b28-15-. The normalized spacial score (nSPS) is 10.5. The minimum Gasteiger partial charge on any atom is -0.493 e. The van der Waals surface area contributed by atoms with Crippen molar-refractivity contribution < 1.29 is 23.9 Å². The van der Waals surface area contributed by atoms with Crippen LogP contribution in [0.3, 0.4) is 0 Å². The van der Waals surface area contributed by atoms with E-state index in [0.717, 1.165) is 5.56 Å². The van der Waals surface area contributed by atoms with Gasteiger partial charge < -0.3 is 20.1 Å². The fourth-order valence-corrected chi connectivity index (χ4v) is 3.16. The number of methoxy groups -OCH3 is 1. The highest BCUT2D eigenvalue weighted by Gasteiger charge is 2.15. The molecule has 3 aromatic rings. The Labute approximate surface area is 207 Å². The van der Waals surface area contributed by atoms with Crippen LogP contribution in [0.2, 0.25) is 5.02 Å². The van der Waals surface area contributed by atoms with E-state index >= 15 is 0 Å². The third-order valence-corrected chi connectivity index (χ3v) is 4.82. The van der Waals surface area contributed by atoms with Crippen molar-refractivity contribution in [2.24, 2.45) is 5.10 Å². The van der Waals surface area contributed by atoms with Crippen molar-refractivity contribution in [1.82, 2.24) is 10.7 Å². The van der Waals surface area contributed by atoms with Gasteiger partial charge in [0.1, 0.15) is 0 Å². The molecule has 0 radical (unpaired) electrons. The molecule has 0 fully saturated rings. The summed E-state index contributed by atoms with van der Waals surface area (Å²) in [7, 11) is 1.42. The molecule has 0 spiro atoms. The van der Waals surface area contributed by atoms with Crippen molar-refractivity contribution >= 4 is 41.2 Å². The van der Waals surface area contributed by atoms with Crippen LogP contribution in [0.25, 0.3) is 0 Å². The highest BCUT2D eigenvalue weighted by Crippen LogP contribution is 2.36. The first kappa shape index (κ1) is 25.3. The van der Waals surface area contributed by atoms with Gasteiger partial charge in [0, 0.05) is 12.2 Å². The second-order valence-electron chi connectivity index (χ2n) is 7.10. The molecule has 0 atom stereocenters. The summed E-state index contributed by atoms with van der Waals surface area (Å²) in [4.78, 5) is 36.0. The van der Waals surface area contributed by atoms with Gasteiger partial charge in [0.2, 0.25) is 0 Å². The monoisotopic (exact) mass is 494 g/mol. The first-order chi connectivity index (χ1) is 17.0. The van der Waals surface area contributed by atoms with E-state index in [9.17, 15) is 14.4 Å². The lowest BCUT2D eigenvalue weighted by Gasteiger charge is -2.13. The van der Waals surface area contributed by atoms with E-state index in [4.69, 9.17) is 21.1 Å². The number of hydrogen-bond acceptors (Lipinski definition) is 6. The summed E-state index contributed by atoms with van der Waals surface area (Å²) in [5.41, 5.74) is 4.12. The average molecular weight is 495 g/mol. The first-order valence-electron chi connectivity index (χ1n) is 10.5. The van der Waals surface area contributed by atoms with Gasteiger partial charge in [0.25, 0.3) is 5.91 Å². The summed E-state index contributed by atoms with van der Waals surface area (Å²) in [6, 6.07) is 21.2. The molecular formula is C25H23ClN4O5. The number of halogens is 1.